The summed E-state index contributed by atoms with van der Waals surface area (Å²) >= 11 is 0. The molecular formula is C15H18F2N4O2. The van der Waals surface area contributed by atoms with Crippen molar-refractivity contribution in [1.29, 1.82) is 0 Å². The summed E-state index contributed by atoms with van der Waals surface area (Å²) in [5.41, 5.74) is 2.81. The average molecular weight is 324 g/mol. The zero-order chi connectivity index (χ0) is 17.1. The normalized spacial score (nSPS) is 9.61. The van der Waals surface area contributed by atoms with Gasteiger partial charge in [0.1, 0.15) is 6.61 Å². The second kappa shape index (κ2) is 10.1. The molecule has 8 heteroatoms. The number of hydrogen-bond acceptors (Lipinski definition) is 5. The van der Waals surface area contributed by atoms with Crippen molar-refractivity contribution in [3.8, 4) is 5.88 Å². The number of nitrogens with zero attached hydrogens (tertiary/aromatic N) is 1. The molecule has 0 aliphatic rings. The van der Waals surface area contributed by atoms with Crippen LogP contribution < -0.4 is 21.3 Å². The lowest BCUT2D eigenvalue weighted by molar-refractivity contribution is -0.109. The van der Waals surface area contributed by atoms with Gasteiger partial charge in [-0.1, -0.05) is 18.2 Å². The van der Waals surface area contributed by atoms with Crippen LogP contribution in [-0.4, -0.2) is 18.4 Å². The van der Waals surface area contributed by atoms with Crippen LogP contribution in [0.15, 0.2) is 42.6 Å². The van der Waals surface area contributed by atoms with E-state index in [9.17, 15) is 8.78 Å². The number of aromatic nitrogens is 1. The first kappa shape index (κ1) is 18.3. The Morgan fingerprint density at radius 1 is 1.30 bits per heavy atom. The number of pyridine rings is 1. The molecule has 0 bridgehead atoms. The predicted octanol–water partition coefficient (Wildman–Crippen LogP) is 2.25. The smallest absolute Gasteiger partial charge is 0.264 e. The van der Waals surface area contributed by atoms with E-state index in [1.807, 2.05) is 0 Å². The van der Waals surface area contributed by atoms with Gasteiger partial charge in [-0.25, -0.2) is 19.6 Å². The van der Waals surface area contributed by atoms with E-state index in [-0.39, 0.29) is 12.2 Å². The Bertz CT molecular complexity index is 597. The average Bonchev–Trinajstić information content (AvgIpc) is 2.60. The lowest BCUT2D eigenvalue weighted by Crippen LogP contribution is -2.18. The Kier molecular flexibility index (Phi) is 8.01. The Morgan fingerprint density at radius 2 is 2.04 bits per heavy atom. The van der Waals surface area contributed by atoms with E-state index in [2.05, 4.69) is 16.1 Å². The van der Waals surface area contributed by atoms with Gasteiger partial charge in [0.25, 0.3) is 6.43 Å². The van der Waals surface area contributed by atoms with Crippen molar-refractivity contribution in [3.05, 3.63) is 53.7 Å². The summed E-state index contributed by atoms with van der Waals surface area (Å²) in [4.78, 5) is 12.9. The SMILES string of the molecule is CNc1cccc(C(F)F)c1COc1ccccn1.NNC=O. The van der Waals surface area contributed by atoms with E-state index in [1.54, 1.807) is 49.0 Å². The van der Waals surface area contributed by atoms with Gasteiger partial charge in [0.2, 0.25) is 12.3 Å². The molecule has 0 saturated carbocycles. The first-order valence-corrected chi connectivity index (χ1v) is 6.65. The minimum Gasteiger partial charge on any atom is -0.473 e. The number of anilines is 1. The Morgan fingerprint density at radius 3 is 2.57 bits per heavy atom. The second-order valence-electron chi connectivity index (χ2n) is 4.17. The maximum atomic E-state index is 13.0. The number of halogens is 2. The number of hydrazine groups is 1. The number of carbonyl (C=O) groups excluding carboxylic acids is 1. The monoisotopic (exact) mass is 324 g/mol. The van der Waals surface area contributed by atoms with E-state index < -0.39 is 6.43 Å². The van der Waals surface area contributed by atoms with Crippen LogP contribution in [0, 0.1) is 0 Å². The first-order chi connectivity index (χ1) is 11.1. The molecule has 2 rings (SSSR count). The fourth-order valence-electron chi connectivity index (χ4n) is 1.78. The molecular weight excluding hydrogens is 306 g/mol. The zero-order valence-electron chi connectivity index (χ0n) is 12.5. The Hall–Kier alpha value is -2.74. The summed E-state index contributed by atoms with van der Waals surface area (Å²) in [5, 5.41) is 2.89. The molecule has 2 aromatic rings. The maximum Gasteiger partial charge on any atom is 0.264 e. The third-order valence-electron chi connectivity index (χ3n) is 2.79. The van der Waals surface area contributed by atoms with Crippen molar-refractivity contribution in [2.45, 2.75) is 13.0 Å². The molecule has 1 heterocycles. The highest BCUT2D eigenvalue weighted by Gasteiger charge is 2.16. The predicted molar refractivity (Wildman–Crippen MR) is 82.9 cm³/mol. The highest BCUT2D eigenvalue weighted by molar-refractivity contribution is 5.54. The number of nitrogens with two attached hydrogens (primary N) is 1. The third-order valence-corrected chi connectivity index (χ3v) is 2.79. The number of rotatable bonds is 6. The summed E-state index contributed by atoms with van der Waals surface area (Å²) in [5.74, 6) is 4.82. The molecule has 0 aliphatic heterocycles. The number of carbonyl (C=O) groups is 1. The van der Waals surface area contributed by atoms with Gasteiger partial charge in [0, 0.05) is 36.1 Å². The fraction of sp³-hybridized carbons (Fsp3) is 0.200. The standard InChI is InChI=1S/C14H14F2N2O.CH4N2O/c1-17-12-6-4-5-10(14(15)16)11(12)9-19-13-7-2-3-8-18-13;2-3-1-4/h2-8,14,17H,9H2,1H3;1H,2H2,(H,3,4). The summed E-state index contributed by atoms with van der Waals surface area (Å²) in [7, 11) is 1.69. The van der Waals surface area contributed by atoms with E-state index >= 15 is 0 Å². The molecule has 0 radical (unpaired) electrons. The first-order valence-electron chi connectivity index (χ1n) is 6.65. The molecule has 1 amide bonds. The highest BCUT2D eigenvalue weighted by atomic mass is 19.3. The third kappa shape index (κ3) is 5.87. The summed E-state index contributed by atoms with van der Waals surface area (Å²) in [6.07, 6.45) is -0.538. The number of alkyl halides is 2. The Balaban J connectivity index is 0.000000593. The van der Waals surface area contributed by atoms with Crippen LogP contribution in [0.1, 0.15) is 17.6 Å². The van der Waals surface area contributed by atoms with Crippen LogP contribution in [0.5, 0.6) is 5.88 Å². The molecule has 124 valence electrons. The number of amides is 1. The van der Waals surface area contributed by atoms with Crippen molar-refractivity contribution in [1.82, 2.24) is 10.4 Å². The summed E-state index contributed by atoms with van der Waals surface area (Å²) in [6, 6.07) is 9.96. The van der Waals surface area contributed by atoms with Gasteiger partial charge in [-0.2, -0.15) is 0 Å². The lowest BCUT2D eigenvalue weighted by Gasteiger charge is -2.14. The van der Waals surface area contributed by atoms with Crippen LogP contribution >= 0.6 is 0 Å². The number of nitrogens with one attached hydrogen (secondary N) is 2. The molecule has 0 aliphatic carbocycles. The topological polar surface area (TPSA) is 89.3 Å². The van der Waals surface area contributed by atoms with Crippen LogP contribution in [-0.2, 0) is 11.4 Å². The maximum absolute atomic E-state index is 13.0. The zero-order valence-corrected chi connectivity index (χ0v) is 12.5. The van der Waals surface area contributed by atoms with Crippen molar-refractivity contribution < 1.29 is 18.3 Å². The van der Waals surface area contributed by atoms with E-state index in [1.165, 1.54) is 6.07 Å². The van der Waals surface area contributed by atoms with Crippen molar-refractivity contribution in [2.75, 3.05) is 12.4 Å². The van der Waals surface area contributed by atoms with Gasteiger partial charge in [-0.05, 0) is 12.1 Å². The van der Waals surface area contributed by atoms with Gasteiger partial charge >= 0.3 is 0 Å². The summed E-state index contributed by atoms with van der Waals surface area (Å²) < 4.78 is 31.4. The van der Waals surface area contributed by atoms with Gasteiger partial charge in [-0.15, -0.1) is 0 Å². The van der Waals surface area contributed by atoms with Crippen molar-refractivity contribution in [2.24, 2.45) is 5.84 Å². The molecule has 1 aromatic carbocycles. The largest absolute Gasteiger partial charge is 0.473 e. The fourth-order valence-corrected chi connectivity index (χ4v) is 1.78. The van der Waals surface area contributed by atoms with Crippen LogP contribution in [0.4, 0.5) is 14.5 Å². The lowest BCUT2D eigenvalue weighted by atomic mass is 10.1. The molecule has 0 unspecified atom stereocenters. The van der Waals surface area contributed by atoms with Crippen molar-refractivity contribution >= 4 is 12.1 Å². The highest BCUT2D eigenvalue weighted by Crippen LogP contribution is 2.29. The molecule has 4 N–H and O–H groups in total. The minimum atomic E-state index is -2.53. The van der Waals surface area contributed by atoms with Crippen LogP contribution in [0.2, 0.25) is 0 Å². The molecule has 23 heavy (non-hydrogen) atoms. The number of benzene rings is 1. The van der Waals surface area contributed by atoms with Crippen LogP contribution in [0.3, 0.4) is 0 Å². The molecule has 6 nitrogen and oxygen atoms in total. The van der Waals surface area contributed by atoms with Gasteiger partial charge in [0.15, 0.2) is 0 Å². The number of ether oxygens (including phenoxy) is 1. The molecule has 0 atom stereocenters. The molecule has 0 saturated heterocycles. The summed E-state index contributed by atoms with van der Waals surface area (Å²) in [6.45, 7) is 0.0493. The van der Waals surface area contributed by atoms with E-state index in [0.717, 1.165) is 0 Å². The van der Waals surface area contributed by atoms with Gasteiger partial charge in [0.05, 0.1) is 0 Å². The molecule has 1 aromatic heterocycles. The van der Waals surface area contributed by atoms with E-state index in [4.69, 9.17) is 9.53 Å². The van der Waals surface area contributed by atoms with Crippen molar-refractivity contribution in [3.63, 3.8) is 0 Å². The molecule has 0 fully saturated rings. The minimum absolute atomic E-state index is 0.0252. The van der Waals surface area contributed by atoms with Crippen LogP contribution in [0.25, 0.3) is 0 Å². The van der Waals surface area contributed by atoms with Gasteiger partial charge in [-0.3, -0.25) is 10.2 Å². The number of hydrogen-bond donors (Lipinski definition) is 3. The molecule has 0 spiro atoms. The second-order valence-corrected chi connectivity index (χ2v) is 4.17. The Labute approximate surface area is 132 Å². The quantitative estimate of drug-likeness (QED) is 0.328. The van der Waals surface area contributed by atoms with E-state index in [0.29, 0.717) is 23.5 Å². The van der Waals surface area contributed by atoms with Gasteiger partial charge < -0.3 is 10.1 Å².